The van der Waals surface area contributed by atoms with Crippen molar-refractivity contribution in [2.75, 3.05) is 5.32 Å². The molecule has 0 spiro atoms. The van der Waals surface area contributed by atoms with Crippen molar-refractivity contribution in [3.8, 4) is 0 Å². The summed E-state index contributed by atoms with van der Waals surface area (Å²) in [6.07, 6.45) is 0. The van der Waals surface area contributed by atoms with E-state index in [1.807, 2.05) is 24.3 Å². The van der Waals surface area contributed by atoms with E-state index in [2.05, 4.69) is 26.1 Å². The average molecular weight is 303 g/mol. The van der Waals surface area contributed by atoms with Gasteiger partial charge in [0, 0.05) is 10.6 Å². The van der Waals surface area contributed by atoms with Gasteiger partial charge in [-0.15, -0.1) is 0 Å². The van der Waals surface area contributed by atoms with Gasteiger partial charge in [-0.1, -0.05) is 32.9 Å². The Morgan fingerprint density at radius 3 is 2.10 bits per heavy atom. The molecule has 2 rings (SSSR count). The van der Waals surface area contributed by atoms with E-state index in [0.717, 1.165) is 16.7 Å². The van der Waals surface area contributed by atoms with E-state index in [0.29, 0.717) is 5.69 Å². The van der Waals surface area contributed by atoms with Crippen LogP contribution in [0.25, 0.3) is 0 Å². The van der Waals surface area contributed by atoms with Crippen LogP contribution in [-0.4, -0.2) is 5.24 Å². The zero-order valence-corrected chi connectivity index (χ0v) is 13.1. The van der Waals surface area contributed by atoms with Crippen molar-refractivity contribution < 1.29 is 9.18 Å². The first-order valence-corrected chi connectivity index (χ1v) is 7.51. The maximum absolute atomic E-state index is 12.8. The Kier molecular flexibility index (Phi) is 4.68. The molecular formula is C17H18FNOS. The Morgan fingerprint density at radius 2 is 1.57 bits per heavy atom. The monoisotopic (exact) mass is 303 g/mol. The molecule has 1 amide bonds. The number of carbonyl (C=O) groups excluding carboxylic acids is 1. The lowest BCUT2D eigenvalue weighted by Crippen LogP contribution is -2.10. The minimum atomic E-state index is -0.321. The Bertz CT molecular complexity index is 615. The molecule has 0 aliphatic heterocycles. The van der Waals surface area contributed by atoms with Crippen LogP contribution in [0.4, 0.5) is 14.9 Å². The third kappa shape index (κ3) is 4.60. The number of nitrogens with one attached hydrogen (secondary N) is 1. The molecule has 2 nitrogen and oxygen atoms in total. The fourth-order valence-corrected chi connectivity index (χ4v) is 2.46. The van der Waals surface area contributed by atoms with Gasteiger partial charge in [-0.3, -0.25) is 4.79 Å². The van der Waals surface area contributed by atoms with E-state index >= 15 is 0 Å². The topological polar surface area (TPSA) is 29.1 Å². The van der Waals surface area contributed by atoms with Crippen molar-refractivity contribution in [1.82, 2.24) is 0 Å². The second-order valence-electron chi connectivity index (χ2n) is 5.80. The van der Waals surface area contributed by atoms with Crippen LogP contribution in [0.3, 0.4) is 0 Å². The molecule has 4 heteroatoms. The maximum atomic E-state index is 12.8. The first-order chi connectivity index (χ1) is 9.84. The molecule has 21 heavy (non-hydrogen) atoms. The number of thioether (sulfide) groups is 1. The van der Waals surface area contributed by atoms with E-state index in [4.69, 9.17) is 0 Å². The van der Waals surface area contributed by atoms with Crippen molar-refractivity contribution in [3.05, 3.63) is 59.9 Å². The highest BCUT2D eigenvalue weighted by Crippen LogP contribution is 2.26. The first-order valence-electron chi connectivity index (χ1n) is 6.69. The van der Waals surface area contributed by atoms with Gasteiger partial charge in [0.15, 0.2) is 0 Å². The number of amides is 1. The lowest BCUT2D eigenvalue weighted by atomic mass is 9.87. The molecule has 0 saturated heterocycles. The van der Waals surface area contributed by atoms with Crippen molar-refractivity contribution in [3.63, 3.8) is 0 Å². The van der Waals surface area contributed by atoms with Crippen LogP contribution in [-0.2, 0) is 5.41 Å². The second-order valence-corrected chi connectivity index (χ2v) is 6.84. The zero-order valence-electron chi connectivity index (χ0n) is 12.3. The number of benzene rings is 2. The second kappa shape index (κ2) is 6.31. The molecular weight excluding hydrogens is 285 g/mol. The minimum absolute atomic E-state index is 0.0968. The molecule has 0 fully saturated rings. The largest absolute Gasteiger partial charge is 0.317 e. The molecule has 1 N–H and O–H groups in total. The molecule has 0 aliphatic rings. The van der Waals surface area contributed by atoms with Gasteiger partial charge < -0.3 is 5.32 Å². The van der Waals surface area contributed by atoms with Crippen LogP contribution < -0.4 is 5.32 Å². The third-order valence-electron chi connectivity index (χ3n) is 3.02. The molecule has 0 heterocycles. The summed E-state index contributed by atoms with van der Waals surface area (Å²) < 4.78 is 12.8. The Hall–Kier alpha value is -1.81. The smallest absolute Gasteiger partial charge is 0.288 e. The van der Waals surface area contributed by atoms with E-state index in [-0.39, 0.29) is 16.5 Å². The lowest BCUT2D eigenvalue weighted by Gasteiger charge is -2.18. The van der Waals surface area contributed by atoms with Crippen molar-refractivity contribution >= 4 is 22.7 Å². The van der Waals surface area contributed by atoms with E-state index in [9.17, 15) is 9.18 Å². The molecule has 0 atom stereocenters. The van der Waals surface area contributed by atoms with E-state index < -0.39 is 0 Å². The highest BCUT2D eigenvalue weighted by molar-refractivity contribution is 8.13. The molecule has 0 aliphatic carbocycles. The summed E-state index contributed by atoms with van der Waals surface area (Å²) in [5.74, 6) is -0.321. The van der Waals surface area contributed by atoms with Crippen LogP contribution in [0.1, 0.15) is 26.3 Å². The number of hydrogen-bond donors (Lipinski definition) is 1. The van der Waals surface area contributed by atoms with Crippen molar-refractivity contribution in [1.29, 1.82) is 0 Å². The summed E-state index contributed by atoms with van der Waals surface area (Å²) in [5, 5.41) is 2.53. The highest BCUT2D eigenvalue weighted by Gasteiger charge is 2.13. The van der Waals surface area contributed by atoms with Gasteiger partial charge in [0.1, 0.15) is 5.82 Å². The lowest BCUT2D eigenvalue weighted by molar-refractivity contribution is 0.270. The number of rotatable bonds is 2. The Balaban J connectivity index is 1.98. The number of carbonyl (C=O) groups is 1. The standard InChI is InChI=1S/C17H18FNOS/c1-17(2,3)12-4-10-15(11-5-12)21-16(20)19-14-8-6-13(18)7-9-14/h4-11H,1-3H3,(H,19,20). The Labute approximate surface area is 128 Å². The van der Waals surface area contributed by atoms with E-state index in [1.54, 1.807) is 0 Å². The zero-order chi connectivity index (χ0) is 15.5. The highest BCUT2D eigenvalue weighted by atomic mass is 32.2. The maximum Gasteiger partial charge on any atom is 0.288 e. The molecule has 0 radical (unpaired) electrons. The van der Waals surface area contributed by atoms with Gasteiger partial charge in [-0.2, -0.15) is 0 Å². The molecule has 0 aromatic heterocycles. The quantitative estimate of drug-likeness (QED) is 0.748. The summed E-state index contributed by atoms with van der Waals surface area (Å²) in [6.45, 7) is 6.45. The molecule has 2 aromatic rings. The minimum Gasteiger partial charge on any atom is -0.317 e. The fourth-order valence-electron chi connectivity index (χ4n) is 1.81. The predicted molar refractivity (Wildman–Crippen MR) is 86.4 cm³/mol. The summed E-state index contributed by atoms with van der Waals surface area (Å²) in [5.41, 5.74) is 1.91. The van der Waals surface area contributed by atoms with Gasteiger partial charge in [-0.05, 0) is 59.1 Å². The van der Waals surface area contributed by atoms with Gasteiger partial charge in [0.25, 0.3) is 5.24 Å². The molecule has 0 unspecified atom stereocenters. The molecule has 0 saturated carbocycles. The summed E-state index contributed by atoms with van der Waals surface area (Å²) >= 11 is 1.12. The van der Waals surface area contributed by atoms with Gasteiger partial charge in [0.05, 0.1) is 0 Å². The van der Waals surface area contributed by atoms with Crippen molar-refractivity contribution in [2.24, 2.45) is 0 Å². The molecule has 2 aromatic carbocycles. The first kappa shape index (κ1) is 15.6. The van der Waals surface area contributed by atoms with Gasteiger partial charge >= 0.3 is 0 Å². The fraction of sp³-hybridized carbons (Fsp3) is 0.235. The molecule has 0 bridgehead atoms. The predicted octanol–water partition coefficient (Wildman–Crippen LogP) is 5.45. The van der Waals surface area contributed by atoms with Crippen molar-refractivity contribution in [2.45, 2.75) is 31.1 Å². The molecule has 110 valence electrons. The van der Waals surface area contributed by atoms with Gasteiger partial charge in [-0.25, -0.2) is 4.39 Å². The van der Waals surface area contributed by atoms with Crippen LogP contribution in [0.15, 0.2) is 53.4 Å². The summed E-state index contributed by atoms with van der Waals surface area (Å²) in [4.78, 5) is 12.8. The van der Waals surface area contributed by atoms with Crippen LogP contribution in [0.2, 0.25) is 0 Å². The summed E-state index contributed by atoms with van der Waals surface area (Å²) in [6, 6.07) is 13.7. The van der Waals surface area contributed by atoms with E-state index in [1.165, 1.54) is 29.8 Å². The number of anilines is 1. The third-order valence-corrected chi connectivity index (χ3v) is 3.82. The van der Waals surface area contributed by atoms with Crippen LogP contribution in [0.5, 0.6) is 0 Å². The number of halogens is 1. The number of hydrogen-bond acceptors (Lipinski definition) is 2. The summed E-state index contributed by atoms with van der Waals surface area (Å²) in [7, 11) is 0. The Morgan fingerprint density at radius 1 is 1.00 bits per heavy atom. The normalized spacial score (nSPS) is 11.2. The average Bonchev–Trinajstić information content (AvgIpc) is 2.41. The van der Waals surface area contributed by atoms with Gasteiger partial charge in [0.2, 0.25) is 0 Å². The van der Waals surface area contributed by atoms with Crippen LogP contribution in [0, 0.1) is 5.82 Å². The van der Waals surface area contributed by atoms with Crippen LogP contribution >= 0.6 is 11.8 Å². The SMILES string of the molecule is CC(C)(C)c1ccc(SC(=O)Nc2ccc(F)cc2)cc1.